The van der Waals surface area contributed by atoms with Gasteiger partial charge in [-0.05, 0) is 17.7 Å². The third-order valence-electron chi connectivity index (χ3n) is 3.45. The van der Waals surface area contributed by atoms with E-state index < -0.39 is 0 Å². The maximum atomic E-state index is 5.93. The average molecular weight is 253 g/mol. The van der Waals surface area contributed by atoms with Crippen LogP contribution in [0.3, 0.4) is 0 Å². The van der Waals surface area contributed by atoms with Crippen LogP contribution in [0, 0.1) is 0 Å². The minimum atomic E-state index is 0.182. The summed E-state index contributed by atoms with van der Waals surface area (Å²) in [6, 6.07) is 8.25. The maximum Gasteiger partial charge on any atom is 0.0406 e. The van der Waals surface area contributed by atoms with E-state index in [-0.39, 0.29) is 5.41 Å². The van der Waals surface area contributed by atoms with Crippen LogP contribution in [0.15, 0.2) is 24.3 Å². The zero-order chi connectivity index (χ0) is 12.3. The van der Waals surface area contributed by atoms with Gasteiger partial charge in [-0.25, -0.2) is 0 Å². The Morgan fingerprint density at radius 1 is 1.18 bits per heavy atom. The first-order chi connectivity index (χ1) is 8.08. The molecule has 0 aromatic heterocycles. The molecule has 0 bridgehead atoms. The van der Waals surface area contributed by atoms with E-state index in [1.54, 1.807) is 0 Å². The second-order valence-electron chi connectivity index (χ2n) is 5.42. The van der Waals surface area contributed by atoms with E-state index in [9.17, 15) is 0 Å². The summed E-state index contributed by atoms with van der Waals surface area (Å²) in [5, 5.41) is 4.20. The van der Waals surface area contributed by atoms with Crippen molar-refractivity contribution in [2.24, 2.45) is 0 Å². The van der Waals surface area contributed by atoms with E-state index in [1.807, 2.05) is 12.1 Å². The Hall–Kier alpha value is -0.570. The lowest BCUT2D eigenvalue weighted by Gasteiger charge is -2.35. The number of rotatable bonds is 3. The molecule has 1 N–H and O–H groups in total. The van der Waals surface area contributed by atoms with Crippen molar-refractivity contribution in [1.82, 2.24) is 10.2 Å². The smallest absolute Gasteiger partial charge is 0.0406 e. The molecule has 1 aromatic carbocycles. The zero-order valence-corrected chi connectivity index (χ0v) is 11.4. The van der Waals surface area contributed by atoms with E-state index in [2.05, 4.69) is 36.2 Å². The molecule has 0 radical (unpaired) electrons. The molecule has 2 nitrogen and oxygen atoms in total. The fourth-order valence-electron chi connectivity index (χ4n) is 2.42. The van der Waals surface area contributed by atoms with Crippen LogP contribution in [0.25, 0.3) is 0 Å². The first kappa shape index (κ1) is 12.9. The predicted octanol–water partition coefficient (Wildman–Crippen LogP) is 2.52. The van der Waals surface area contributed by atoms with Gasteiger partial charge in [0, 0.05) is 43.2 Å². The molecule has 0 aliphatic carbocycles. The molecule has 1 aliphatic rings. The SMILES string of the molecule is CC(C)(CN1CCNCC1)c1ccc(Cl)cc1. The number of benzene rings is 1. The van der Waals surface area contributed by atoms with Gasteiger partial charge in [0.15, 0.2) is 0 Å². The molecule has 1 aliphatic heterocycles. The summed E-state index contributed by atoms with van der Waals surface area (Å²) in [6.45, 7) is 10.2. The maximum absolute atomic E-state index is 5.93. The highest BCUT2D eigenvalue weighted by Crippen LogP contribution is 2.25. The Morgan fingerprint density at radius 2 is 1.76 bits per heavy atom. The van der Waals surface area contributed by atoms with Crippen molar-refractivity contribution in [2.75, 3.05) is 32.7 Å². The lowest BCUT2D eigenvalue weighted by atomic mass is 9.84. The molecule has 1 fully saturated rings. The lowest BCUT2D eigenvalue weighted by Crippen LogP contribution is -2.47. The van der Waals surface area contributed by atoms with E-state index >= 15 is 0 Å². The van der Waals surface area contributed by atoms with Gasteiger partial charge in [0.25, 0.3) is 0 Å². The molecule has 0 unspecified atom stereocenters. The standard InChI is InChI=1S/C14H21ClN2/c1-14(2,11-17-9-7-16-8-10-17)12-3-5-13(15)6-4-12/h3-6,16H,7-11H2,1-2H3. The first-order valence-electron chi connectivity index (χ1n) is 6.27. The van der Waals surface area contributed by atoms with Crippen molar-refractivity contribution in [1.29, 1.82) is 0 Å². The second-order valence-corrected chi connectivity index (χ2v) is 5.85. The molecule has 0 atom stereocenters. The molecule has 17 heavy (non-hydrogen) atoms. The normalized spacial score (nSPS) is 18.3. The Balaban J connectivity index is 2.04. The average Bonchev–Trinajstić information content (AvgIpc) is 2.30. The van der Waals surface area contributed by atoms with Crippen LogP contribution in [0.2, 0.25) is 5.02 Å². The van der Waals surface area contributed by atoms with Crippen LogP contribution in [0.1, 0.15) is 19.4 Å². The summed E-state index contributed by atoms with van der Waals surface area (Å²) in [5.74, 6) is 0. The van der Waals surface area contributed by atoms with Crippen LogP contribution in [0.4, 0.5) is 0 Å². The van der Waals surface area contributed by atoms with Crippen molar-refractivity contribution < 1.29 is 0 Å². The summed E-state index contributed by atoms with van der Waals surface area (Å²) in [4.78, 5) is 2.53. The van der Waals surface area contributed by atoms with Crippen molar-refractivity contribution in [3.63, 3.8) is 0 Å². The van der Waals surface area contributed by atoms with Gasteiger partial charge in [0.1, 0.15) is 0 Å². The summed E-state index contributed by atoms with van der Waals surface area (Å²) in [7, 11) is 0. The number of nitrogens with zero attached hydrogens (tertiary/aromatic N) is 1. The van der Waals surface area contributed by atoms with E-state index in [4.69, 9.17) is 11.6 Å². The van der Waals surface area contributed by atoms with Crippen molar-refractivity contribution >= 4 is 11.6 Å². The van der Waals surface area contributed by atoms with Crippen molar-refractivity contribution in [3.8, 4) is 0 Å². The molecular weight excluding hydrogens is 232 g/mol. The highest BCUT2D eigenvalue weighted by Gasteiger charge is 2.24. The Kier molecular flexibility index (Phi) is 4.08. The summed E-state index contributed by atoms with van der Waals surface area (Å²) >= 11 is 5.93. The van der Waals surface area contributed by atoms with Gasteiger partial charge in [0.05, 0.1) is 0 Å². The predicted molar refractivity (Wildman–Crippen MR) is 73.8 cm³/mol. The summed E-state index contributed by atoms with van der Waals surface area (Å²) in [6.07, 6.45) is 0. The molecular formula is C14H21ClN2. The molecule has 3 heteroatoms. The van der Waals surface area contributed by atoms with Gasteiger partial charge in [-0.15, -0.1) is 0 Å². The number of hydrogen-bond donors (Lipinski definition) is 1. The van der Waals surface area contributed by atoms with E-state index in [0.29, 0.717) is 0 Å². The highest BCUT2D eigenvalue weighted by atomic mass is 35.5. The molecule has 2 rings (SSSR count). The van der Waals surface area contributed by atoms with Crippen LogP contribution in [-0.2, 0) is 5.41 Å². The van der Waals surface area contributed by atoms with Crippen molar-refractivity contribution in [2.45, 2.75) is 19.3 Å². The fraction of sp³-hybridized carbons (Fsp3) is 0.571. The Bertz CT molecular complexity index is 353. The molecule has 94 valence electrons. The van der Waals surface area contributed by atoms with E-state index in [0.717, 1.165) is 37.7 Å². The zero-order valence-electron chi connectivity index (χ0n) is 10.7. The first-order valence-corrected chi connectivity index (χ1v) is 6.65. The van der Waals surface area contributed by atoms with Crippen LogP contribution >= 0.6 is 11.6 Å². The Labute approximate surface area is 109 Å². The number of hydrogen-bond acceptors (Lipinski definition) is 2. The molecule has 0 amide bonds. The topological polar surface area (TPSA) is 15.3 Å². The van der Waals surface area contributed by atoms with Crippen LogP contribution in [-0.4, -0.2) is 37.6 Å². The molecule has 0 saturated carbocycles. The van der Waals surface area contributed by atoms with Gasteiger partial charge in [-0.2, -0.15) is 0 Å². The largest absolute Gasteiger partial charge is 0.314 e. The van der Waals surface area contributed by atoms with Gasteiger partial charge in [-0.1, -0.05) is 37.6 Å². The van der Waals surface area contributed by atoms with Gasteiger partial charge in [-0.3, -0.25) is 4.90 Å². The molecule has 0 spiro atoms. The number of piperazine rings is 1. The number of nitrogens with one attached hydrogen (secondary N) is 1. The third kappa shape index (κ3) is 3.44. The number of halogens is 1. The monoisotopic (exact) mass is 252 g/mol. The van der Waals surface area contributed by atoms with Gasteiger partial charge >= 0.3 is 0 Å². The van der Waals surface area contributed by atoms with Crippen LogP contribution < -0.4 is 5.32 Å². The van der Waals surface area contributed by atoms with Gasteiger partial charge < -0.3 is 5.32 Å². The van der Waals surface area contributed by atoms with Crippen molar-refractivity contribution in [3.05, 3.63) is 34.9 Å². The highest BCUT2D eigenvalue weighted by molar-refractivity contribution is 6.30. The quantitative estimate of drug-likeness (QED) is 0.890. The van der Waals surface area contributed by atoms with Crippen LogP contribution in [0.5, 0.6) is 0 Å². The summed E-state index contributed by atoms with van der Waals surface area (Å²) < 4.78 is 0. The fourth-order valence-corrected chi connectivity index (χ4v) is 2.55. The molecule has 1 aromatic rings. The lowest BCUT2D eigenvalue weighted by molar-refractivity contribution is 0.200. The van der Waals surface area contributed by atoms with E-state index in [1.165, 1.54) is 5.56 Å². The minimum absolute atomic E-state index is 0.182. The third-order valence-corrected chi connectivity index (χ3v) is 3.71. The summed E-state index contributed by atoms with van der Waals surface area (Å²) in [5.41, 5.74) is 1.54. The molecule has 1 saturated heterocycles. The molecule has 1 heterocycles. The second kappa shape index (κ2) is 5.38. The minimum Gasteiger partial charge on any atom is -0.314 e. The Morgan fingerprint density at radius 3 is 2.35 bits per heavy atom. The van der Waals surface area contributed by atoms with Gasteiger partial charge in [0.2, 0.25) is 0 Å².